The second kappa shape index (κ2) is 3.41. The van der Waals surface area contributed by atoms with Crippen LogP contribution in [-0.2, 0) is 6.18 Å². The number of anilines is 1. The average Bonchev–Trinajstić information content (AvgIpc) is 2.03. The zero-order valence-corrected chi connectivity index (χ0v) is 7.37. The Morgan fingerprint density at radius 3 is 2.54 bits per heavy atom. The van der Waals surface area contributed by atoms with E-state index < -0.39 is 16.8 Å². The van der Waals surface area contributed by atoms with Gasteiger partial charge in [0.05, 0.1) is 10.6 Å². The maximum absolute atomic E-state index is 12.2. The third-order valence-electron chi connectivity index (χ3n) is 1.42. The van der Waals surface area contributed by atoms with Gasteiger partial charge in [0.1, 0.15) is 5.82 Å². The summed E-state index contributed by atoms with van der Waals surface area (Å²) in [6, 6.07) is 0.863. The predicted octanol–water partition coefficient (Wildman–Crippen LogP) is 2.80. The van der Waals surface area contributed by atoms with Gasteiger partial charge in [-0.3, -0.25) is 0 Å². The monoisotopic (exact) mass is 210 g/mol. The first-order valence-corrected chi connectivity index (χ1v) is 3.73. The summed E-state index contributed by atoms with van der Waals surface area (Å²) in [5, 5.41) is 2.10. The molecule has 1 rings (SSSR count). The number of hydrogen-bond donors (Lipinski definition) is 1. The van der Waals surface area contributed by atoms with Gasteiger partial charge in [-0.05, 0) is 6.07 Å². The second-order valence-corrected chi connectivity index (χ2v) is 2.70. The molecule has 0 aliphatic carbocycles. The summed E-state index contributed by atoms with van der Waals surface area (Å²) in [6.07, 6.45) is -3.47. The molecule has 0 saturated heterocycles. The molecule has 0 atom stereocenters. The van der Waals surface area contributed by atoms with Gasteiger partial charge < -0.3 is 5.32 Å². The second-order valence-electron chi connectivity index (χ2n) is 2.30. The van der Waals surface area contributed by atoms with E-state index in [1.807, 2.05) is 0 Å². The molecule has 0 spiro atoms. The van der Waals surface area contributed by atoms with Crippen LogP contribution in [-0.4, -0.2) is 12.0 Å². The lowest BCUT2D eigenvalue weighted by molar-refractivity contribution is -0.137. The summed E-state index contributed by atoms with van der Waals surface area (Å²) in [5.41, 5.74) is -0.881. The minimum Gasteiger partial charge on any atom is -0.373 e. The molecule has 1 aromatic rings. The van der Waals surface area contributed by atoms with Crippen LogP contribution in [0, 0.1) is 0 Å². The van der Waals surface area contributed by atoms with E-state index in [0.717, 1.165) is 12.3 Å². The van der Waals surface area contributed by atoms with E-state index in [2.05, 4.69) is 10.3 Å². The number of alkyl halides is 3. The minimum absolute atomic E-state index is 0.136. The summed E-state index contributed by atoms with van der Waals surface area (Å²) in [5.74, 6) is 0.136. The van der Waals surface area contributed by atoms with Crippen LogP contribution in [0.25, 0.3) is 0 Å². The van der Waals surface area contributed by atoms with Gasteiger partial charge in [-0.1, -0.05) is 11.6 Å². The molecule has 1 aromatic heterocycles. The maximum Gasteiger partial charge on any atom is 0.418 e. The van der Waals surface area contributed by atoms with Crippen LogP contribution in [0.3, 0.4) is 0 Å². The third-order valence-corrected chi connectivity index (χ3v) is 1.72. The van der Waals surface area contributed by atoms with E-state index >= 15 is 0 Å². The summed E-state index contributed by atoms with van der Waals surface area (Å²) < 4.78 is 36.7. The van der Waals surface area contributed by atoms with Crippen molar-refractivity contribution in [1.82, 2.24) is 4.98 Å². The lowest BCUT2D eigenvalue weighted by Gasteiger charge is -2.09. The summed E-state index contributed by atoms with van der Waals surface area (Å²) >= 11 is 5.33. The maximum atomic E-state index is 12.2. The highest BCUT2D eigenvalue weighted by Crippen LogP contribution is 2.35. The smallest absolute Gasteiger partial charge is 0.373 e. The lowest BCUT2D eigenvalue weighted by Crippen LogP contribution is -2.07. The zero-order chi connectivity index (χ0) is 10.1. The van der Waals surface area contributed by atoms with Crippen molar-refractivity contribution in [2.24, 2.45) is 0 Å². The Kier molecular flexibility index (Phi) is 2.66. The van der Waals surface area contributed by atoms with Crippen LogP contribution < -0.4 is 5.32 Å². The molecule has 1 N–H and O–H groups in total. The first-order valence-electron chi connectivity index (χ1n) is 3.35. The highest BCUT2D eigenvalue weighted by Gasteiger charge is 2.33. The SMILES string of the molecule is CNc1cc(C(F)(F)F)c(Cl)cn1. The fourth-order valence-electron chi connectivity index (χ4n) is 0.793. The number of nitrogens with one attached hydrogen (secondary N) is 1. The quantitative estimate of drug-likeness (QED) is 0.771. The molecule has 0 fully saturated rings. The van der Waals surface area contributed by atoms with Gasteiger partial charge in [0.15, 0.2) is 0 Å². The first-order chi connectivity index (χ1) is 5.95. The van der Waals surface area contributed by atoms with Crippen molar-refractivity contribution < 1.29 is 13.2 Å². The van der Waals surface area contributed by atoms with Crippen molar-refractivity contribution in [1.29, 1.82) is 0 Å². The molecule has 13 heavy (non-hydrogen) atoms. The molecule has 0 amide bonds. The topological polar surface area (TPSA) is 24.9 Å². The van der Waals surface area contributed by atoms with E-state index in [1.54, 1.807) is 0 Å². The van der Waals surface area contributed by atoms with Gasteiger partial charge in [0, 0.05) is 13.2 Å². The molecule has 2 nitrogen and oxygen atoms in total. The highest BCUT2D eigenvalue weighted by atomic mass is 35.5. The van der Waals surface area contributed by atoms with E-state index in [9.17, 15) is 13.2 Å². The largest absolute Gasteiger partial charge is 0.418 e. The summed E-state index contributed by atoms with van der Waals surface area (Å²) in [6.45, 7) is 0. The summed E-state index contributed by atoms with van der Waals surface area (Å²) in [4.78, 5) is 3.63. The van der Waals surface area contributed by atoms with Crippen LogP contribution in [0.5, 0.6) is 0 Å². The molecule has 0 aliphatic heterocycles. The lowest BCUT2D eigenvalue weighted by atomic mass is 10.2. The molecular weight excluding hydrogens is 205 g/mol. The Morgan fingerprint density at radius 2 is 2.08 bits per heavy atom. The number of rotatable bonds is 1. The fourth-order valence-corrected chi connectivity index (χ4v) is 1.00. The molecule has 0 saturated carbocycles. The molecule has 72 valence electrons. The molecule has 0 bridgehead atoms. The first kappa shape index (κ1) is 10.1. The van der Waals surface area contributed by atoms with Crippen LogP contribution in [0.4, 0.5) is 19.0 Å². The molecular formula is C7H6ClF3N2. The molecule has 0 aromatic carbocycles. The van der Waals surface area contributed by atoms with Gasteiger partial charge in [0.25, 0.3) is 0 Å². The Hall–Kier alpha value is -0.970. The average molecular weight is 211 g/mol. The number of halogens is 4. The normalized spacial score (nSPS) is 11.5. The molecule has 0 aliphatic rings. The van der Waals surface area contributed by atoms with Crippen molar-refractivity contribution in [3.8, 4) is 0 Å². The van der Waals surface area contributed by atoms with Crippen LogP contribution in [0.1, 0.15) is 5.56 Å². The van der Waals surface area contributed by atoms with Crippen molar-refractivity contribution >= 4 is 17.4 Å². The van der Waals surface area contributed by atoms with Gasteiger partial charge in [-0.15, -0.1) is 0 Å². The molecule has 0 radical (unpaired) electrons. The predicted molar refractivity (Wildman–Crippen MR) is 43.8 cm³/mol. The zero-order valence-electron chi connectivity index (χ0n) is 6.61. The Labute approximate surface area is 77.7 Å². The number of pyridine rings is 1. The van der Waals surface area contributed by atoms with Crippen molar-refractivity contribution in [3.63, 3.8) is 0 Å². The third kappa shape index (κ3) is 2.24. The van der Waals surface area contributed by atoms with Crippen molar-refractivity contribution in [2.45, 2.75) is 6.18 Å². The van der Waals surface area contributed by atoms with Crippen LogP contribution >= 0.6 is 11.6 Å². The van der Waals surface area contributed by atoms with E-state index in [1.165, 1.54) is 7.05 Å². The van der Waals surface area contributed by atoms with Crippen molar-refractivity contribution in [3.05, 3.63) is 22.8 Å². The van der Waals surface area contributed by atoms with E-state index in [-0.39, 0.29) is 5.82 Å². The van der Waals surface area contributed by atoms with Gasteiger partial charge in [0.2, 0.25) is 0 Å². The minimum atomic E-state index is -4.44. The Balaban J connectivity index is 3.19. The molecule has 0 unspecified atom stereocenters. The Morgan fingerprint density at radius 1 is 1.46 bits per heavy atom. The van der Waals surface area contributed by atoms with Gasteiger partial charge in [-0.25, -0.2) is 4.98 Å². The molecule has 6 heteroatoms. The number of hydrogen-bond acceptors (Lipinski definition) is 2. The Bertz CT molecular complexity index is 311. The number of nitrogens with zero attached hydrogens (tertiary/aromatic N) is 1. The van der Waals surface area contributed by atoms with Crippen LogP contribution in [0.2, 0.25) is 5.02 Å². The van der Waals surface area contributed by atoms with E-state index in [0.29, 0.717) is 0 Å². The highest BCUT2D eigenvalue weighted by molar-refractivity contribution is 6.31. The van der Waals surface area contributed by atoms with E-state index in [4.69, 9.17) is 11.6 Å². The van der Waals surface area contributed by atoms with Crippen molar-refractivity contribution in [2.75, 3.05) is 12.4 Å². The fraction of sp³-hybridized carbons (Fsp3) is 0.286. The van der Waals surface area contributed by atoms with Crippen LogP contribution in [0.15, 0.2) is 12.3 Å². The van der Waals surface area contributed by atoms with Gasteiger partial charge in [-0.2, -0.15) is 13.2 Å². The molecule has 1 heterocycles. The number of aromatic nitrogens is 1. The standard InChI is InChI=1S/C7H6ClF3N2/c1-12-6-2-4(7(9,10)11)5(8)3-13-6/h2-3H,1H3,(H,12,13). The van der Waals surface area contributed by atoms with Gasteiger partial charge >= 0.3 is 6.18 Å². The summed E-state index contributed by atoms with van der Waals surface area (Å²) in [7, 11) is 1.48.